The molecule has 6 rings (SSSR count). The van der Waals surface area contributed by atoms with E-state index in [1.807, 2.05) is 71.4 Å². The third-order valence-corrected chi connectivity index (χ3v) is 8.50. The van der Waals surface area contributed by atoms with Gasteiger partial charge >= 0.3 is 0 Å². The number of aromatic nitrogens is 1. The normalized spacial score (nSPS) is 19.0. The number of anilines is 1. The number of piperazine rings is 1. The monoisotopic (exact) mass is 552 g/mol. The summed E-state index contributed by atoms with van der Waals surface area (Å²) in [5, 5.41) is 1.05. The number of nitrogens with zero attached hydrogens (tertiary/aromatic N) is 4. The van der Waals surface area contributed by atoms with Gasteiger partial charge in [-0.25, -0.2) is 0 Å². The number of carbonyl (C=O) groups excluding carboxylic acids is 2. The zero-order valence-corrected chi connectivity index (χ0v) is 23.8. The van der Waals surface area contributed by atoms with Crippen LogP contribution in [0.15, 0.2) is 79.0 Å². The molecule has 212 valence electrons. The second kappa shape index (κ2) is 11.3. The third kappa shape index (κ3) is 4.72. The molecule has 2 atom stereocenters. The fourth-order valence-corrected chi connectivity index (χ4v) is 6.50. The van der Waals surface area contributed by atoms with Gasteiger partial charge in [-0.1, -0.05) is 48.5 Å². The summed E-state index contributed by atoms with van der Waals surface area (Å²) in [6, 6.07) is 23.3. The van der Waals surface area contributed by atoms with Crippen LogP contribution in [0.1, 0.15) is 33.4 Å². The van der Waals surface area contributed by atoms with Crippen LogP contribution in [0.2, 0.25) is 0 Å². The SMILES string of the molecule is COCCN1C(=O)c2ccccc2[C@@H](C(=O)N2CCN(c3ccccc3OC)CC2)[C@@H]1c1cn(C)c2ccccc12. The van der Waals surface area contributed by atoms with Crippen LogP contribution in [-0.4, -0.2) is 79.7 Å². The maximum Gasteiger partial charge on any atom is 0.254 e. The average Bonchev–Trinajstić information content (AvgIpc) is 3.36. The van der Waals surface area contributed by atoms with Gasteiger partial charge in [-0.2, -0.15) is 0 Å². The number of benzene rings is 3. The summed E-state index contributed by atoms with van der Waals surface area (Å²) in [5.41, 5.74) is 4.47. The summed E-state index contributed by atoms with van der Waals surface area (Å²) in [4.78, 5) is 34.7. The van der Waals surface area contributed by atoms with E-state index in [0.29, 0.717) is 44.9 Å². The first-order valence-electron chi connectivity index (χ1n) is 14.1. The Balaban J connectivity index is 1.40. The van der Waals surface area contributed by atoms with Crippen molar-refractivity contribution < 1.29 is 19.1 Å². The molecule has 0 bridgehead atoms. The van der Waals surface area contributed by atoms with E-state index in [-0.39, 0.29) is 11.8 Å². The van der Waals surface area contributed by atoms with Crippen LogP contribution in [0.3, 0.4) is 0 Å². The molecule has 8 heteroatoms. The van der Waals surface area contributed by atoms with Crippen LogP contribution < -0.4 is 9.64 Å². The van der Waals surface area contributed by atoms with E-state index in [4.69, 9.17) is 9.47 Å². The predicted octanol–water partition coefficient (Wildman–Crippen LogP) is 4.46. The average molecular weight is 553 g/mol. The first-order chi connectivity index (χ1) is 20.0. The van der Waals surface area contributed by atoms with Gasteiger partial charge in [-0.05, 0) is 29.8 Å². The highest BCUT2D eigenvalue weighted by Gasteiger charge is 2.46. The van der Waals surface area contributed by atoms with E-state index in [1.165, 1.54) is 0 Å². The number of carbonyl (C=O) groups is 2. The molecule has 2 aliphatic heterocycles. The number of rotatable bonds is 7. The second-order valence-corrected chi connectivity index (χ2v) is 10.7. The van der Waals surface area contributed by atoms with E-state index >= 15 is 0 Å². The Kier molecular flexibility index (Phi) is 7.41. The van der Waals surface area contributed by atoms with Crippen molar-refractivity contribution in [1.82, 2.24) is 14.4 Å². The van der Waals surface area contributed by atoms with Gasteiger partial charge < -0.3 is 28.7 Å². The molecule has 1 fully saturated rings. The second-order valence-electron chi connectivity index (χ2n) is 10.7. The quantitative estimate of drug-likeness (QED) is 0.339. The highest BCUT2D eigenvalue weighted by molar-refractivity contribution is 6.02. The molecular formula is C33H36N4O4. The molecule has 8 nitrogen and oxygen atoms in total. The number of aryl methyl sites for hydroxylation is 1. The maximum atomic E-state index is 14.6. The zero-order chi connectivity index (χ0) is 28.5. The number of hydrogen-bond acceptors (Lipinski definition) is 5. The summed E-state index contributed by atoms with van der Waals surface area (Å²) in [7, 11) is 5.33. The number of fused-ring (bicyclic) bond motifs is 2. The Morgan fingerprint density at radius 1 is 0.878 bits per heavy atom. The topological polar surface area (TPSA) is 67.2 Å². The maximum absolute atomic E-state index is 14.6. The molecule has 0 radical (unpaired) electrons. The van der Waals surface area contributed by atoms with Gasteiger partial charge in [-0.15, -0.1) is 0 Å². The van der Waals surface area contributed by atoms with Crippen molar-refractivity contribution in [3.05, 3.63) is 95.7 Å². The van der Waals surface area contributed by atoms with Gasteiger partial charge in [0.1, 0.15) is 5.75 Å². The van der Waals surface area contributed by atoms with Gasteiger partial charge in [0, 0.05) is 75.1 Å². The molecule has 0 saturated carbocycles. The molecule has 3 aromatic carbocycles. The molecule has 0 N–H and O–H groups in total. The summed E-state index contributed by atoms with van der Waals surface area (Å²) in [6.07, 6.45) is 2.08. The molecule has 4 aromatic rings. The molecule has 2 aliphatic rings. The van der Waals surface area contributed by atoms with Crippen molar-refractivity contribution in [2.45, 2.75) is 12.0 Å². The van der Waals surface area contributed by atoms with E-state index in [9.17, 15) is 9.59 Å². The zero-order valence-electron chi connectivity index (χ0n) is 23.8. The molecule has 1 saturated heterocycles. The molecule has 41 heavy (non-hydrogen) atoms. The fraction of sp³-hybridized carbons (Fsp3) is 0.333. The molecule has 3 heterocycles. The van der Waals surface area contributed by atoms with E-state index in [1.54, 1.807) is 14.2 Å². The number of amides is 2. The molecule has 0 aliphatic carbocycles. The lowest BCUT2D eigenvalue weighted by Crippen LogP contribution is -2.53. The van der Waals surface area contributed by atoms with Crippen molar-refractivity contribution >= 4 is 28.4 Å². The largest absolute Gasteiger partial charge is 0.495 e. The van der Waals surface area contributed by atoms with E-state index < -0.39 is 12.0 Å². The van der Waals surface area contributed by atoms with Gasteiger partial charge in [-0.3, -0.25) is 9.59 Å². The molecule has 2 amide bonds. The lowest BCUT2D eigenvalue weighted by atomic mass is 9.78. The minimum absolute atomic E-state index is 0.0463. The summed E-state index contributed by atoms with van der Waals surface area (Å²) in [5.74, 6) is 0.270. The van der Waals surface area contributed by atoms with Crippen LogP contribution in [-0.2, 0) is 16.6 Å². The van der Waals surface area contributed by atoms with Crippen molar-refractivity contribution in [3.63, 3.8) is 0 Å². The smallest absolute Gasteiger partial charge is 0.254 e. The third-order valence-electron chi connectivity index (χ3n) is 8.50. The van der Waals surface area contributed by atoms with Crippen LogP contribution in [0.25, 0.3) is 10.9 Å². The van der Waals surface area contributed by atoms with Crippen molar-refractivity contribution in [3.8, 4) is 5.75 Å². The van der Waals surface area contributed by atoms with E-state index in [0.717, 1.165) is 33.5 Å². The first-order valence-corrected chi connectivity index (χ1v) is 14.1. The minimum atomic E-state index is -0.538. The molecular weight excluding hydrogens is 516 g/mol. The summed E-state index contributed by atoms with van der Waals surface area (Å²) >= 11 is 0. The summed E-state index contributed by atoms with van der Waals surface area (Å²) in [6.45, 7) is 3.35. The highest BCUT2D eigenvalue weighted by atomic mass is 16.5. The number of ether oxygens (including phenoxy) is 2. The van der Waals surface area contributed by atoms with Gasteiger partial charge in [0.25, 0.3) is 5.91 Å². The number of methoxy groups -OCH3 is 2. The summed E-state index contributed by atoms with van der Waals surface area (Å²) < 4.78 is 13.1. The van der Waals surface area contributed by atoms with Crippen LogP contribution in [0.4, 0.5) is 5.69 Å². The van der Waals surface area contributed by atoms with Gasteiger partial charge in [0.05, 0.1) is 31.4 Å². The Labute approximate surface area is 240 Å². The highest BCUT2D eigenvalue weighted by Crippen LogP contribution is 2.46. The number of para-hydroxylation sites is 3. The first kappa shape index (κ1) is 26.9. The molecule has 0 unspecified atom stereocenters. The lowest BCUT2D eigenvalue weighted by Gasteiger charge is -2.44. The molecule has 1 aromatic heterocycles. The standard InChI is InChI=1S/C33H36N4O4/c1-34-22-26(23-10-6-7-13-27(23)34)31-30(24-11-4-5-12-25(24)32(38)37(31)20-21-40-2)33(39)36-18-16-35(17-19-36)28-14-8-9-15-29(28)41-3/h4-15,22,30-31H,16-21H2,1-3H3/t30-,31+/m1/s1. The minimum Gasteiger partial charge on any atom is -0.495 e. The van der Waals surface area contributed by atoms with Gasteiger partial charge in [0.2, 0.25) is 5.91 Å². The van der Waals surface area contributed by atoms with Crippen LogP contribution in [0.5, 0.6) is 5.75 Å². The Morgan fingerprint density at radius 3 is 2.37 bits per heavy atom. The van der Waals surface area contributed by atoms with Crippen molar-refractivity contribution in [1.29, 1.82) is 0 Å². The Bertz CT molecular complexity index is 1570. The van der Waals surface area contributed by atoms with Crippen LogP contribution in [0, 0.1) is 0 Å². The lowest BCUT2D eigenvalue weighted by molar-refractivity contribution is -0.135. The van der Waals surface area contributed by atoms with Crippen LogP contribution >= 0.6 is 0 Å². The molecule has 0 spiro atoms. The Morgan fingerprint density at radius 2 is 1.59 bits per heavy atom. The van der Waals surface area contributed by atoms with E-state index in [2.05, 4.69) is 33.9 Å². The van der Waals surface area contributed by atoms with Crippen molar-refractivity contribution in [2.75, 3.05) is 58.5 Å². The fourth-order valence-electron chi connectivity index (χ4n) is 6.50. The number of hydrogen-bond donors (Lipinski definition) is 0. The van der Waals surface area contributed by atoms with Crippen molar-refractivity contribution in [2.24, 2.45) is 7.05 Å². The predicted molar refractivity (Wildman–Crippen MR) is 160 cm³/mol. The van der Waals surface area contributed by atoms with Gasteiger partial charge in [0.15, 0.2) is 0 Å². The Hall–Kier alpha value is -4.30.